The van der Waals surface area contributed by atoms with Crippen LogP contribution >= 0.6 is 0 Å². The summed E-state index contributed by atoms with van der Waals surface area (Å²) in [6.07, 6.45) is -0.439. The lowest BCUT2D eigenvalue weighted by Gasteiger charge is -2.34. The van der Waals surface area contributed by atoms with Crippen molar-refractivity contribution in [3.63, 3.8) is 0 Å². The zero-order valence-electron chi connectivity index (χ0n) is 14.2. The van der Waals surface area contributed by atoms with Gasteiger partial charge in [-0.15, -0.1) is 0 Å². The van der Waals surface area contributed by atoms with Crippen LogP contribution in [0.2, 0.25) is 0 Å². The predicted molar refractivity (Wildman–Crippen MR) is 91.4 cm³/mol. The molecule has 7 heteroatoms. The lowest BCUT2D eigenvalue weighted by atomic mass is 9.93. The number of phenols is 4. The molecule has 0 aromatic heterocycles. The maximum Gasteiger partial charge on any atom is 0.306 e. The van der Waals surface area contributed by atoms with Gasteiger partial charge in [-0.3, -0.25) is 4.79 Å². The van der Waals surface area contributed by atoms with E-state index in [9.17, 15) is 25.2 Å². The van der Waals surface area contributed by atoms with E-state index in [4.69, 9.17) is 9.47 Å². The summed E-state index contributed by atoms with van der Waals surface area (Å²) in [5.74, 6) is -1.04. The fraction of sp³-hybridized carbons (Fsp3) is 0.316. The van der Waals surface area contributed by atoms with Crippen LogP contribution in [-0.4, -0.2) is 32.5 Å². The maximum atomic E-state index is 12.0. The molecule has 4 N–H and O–H groups in total. The van der Waals surface area contributed by atoms with Gasteiger partial charge in [0, 0.05) is 36.1 Å². The molecule has 0 spiro atoms. The molecule has 0 aliphatic carbocycles. The van der Waals surface area contributed by atoms with Gasteiger partial charge in [0.2, 0.25) is 0 Å². The van der Waals surface area contributed by atoms with Crippen molar-refractivity contribution in [3.05, 3.63) is 41.5 Å². The van der Waals surface area contributed by atoms with Gasteiger partial charge in [0.05, 0.1) is 0 Å². The fourth-order valence-corrected chi connectivity index (χ4v) is 2.98. The van der Waals surface area contributed by atoms with Gasteiger partial charge in [-0.2, -0.15) is 0 Å². The first-order chi connectivity index (χ1) is 12.4. The van der Waals surface area contributed by atoms with Gasteiger partial charge in [-0.25, -0.2) is 0 Å². The van der Waals surface area contributed by atoms with Crippen LogP contribution in [0.5, 0.6) is 28.7 Å². The highest BCUT2D eigenvalue weighted by molar-refractivity contribution is 5.69. The first-order valence-electron chi connectivity index (χ1n) is 8.32. The van der Waals surface area contributed by atoms with Crippen molar-refractivity contribution in [2.75, 3.05) is 0 Å². The van der Waals surface area contributed by atoms with Crippen LogP contribution in [0.15, 0.2) is 30.3 Å². The van der Waals surface area contributed by atoms with E-state index in [1.807, 2.05) is 6.92 Å². The van der Waals surface area contributed by atoms with E-state index < -0.39 is 18.2 Å². The largest absolute Gasteiger partial charge is 0.508 e. The van der Waals surface area contributed by atoms with E-state index >= 15 is 0 Å². The Kier molecular flexibility index (Phi) is 4.79. The van der Waals surface area contributed by atoms with Gasteiger partial charge in [-0.05, 0) is 18.6 Å². The minimum atomic E-state index is -0.768. The number of hydrogen-bond acceptors (Lipinski definition) is 7. The average Bonchev–Trinajstić information content (AvgIpc) is 2.57. The normalized spacial score (nSPS) is 18.7. The molecule has 1 heterocycles. The molecule has 0 amide bonds. The lowest BCUT2D eigenvalue weighted by Crippen LogP contribution is -2.34. The monoisotopic (exact) mass is 360 g/mol. The van der Waals surface area contributed by atoms with Gasteiger partial charge < -0.3 is 29.9 Å². The number of phenolic OH excluding ortho intramolecular Hbond substituents is 4. The zero-order valence-corrected chi connectivity index (χ0v) is 14.2. The fourth-order valence-electron chi connectivity index (χ4n) is 2.98. The second-order valence-corrected chi connectivity index (χ2v) is 6.21. The van der Waals surface area contributed by atoms with Crippen molar-refractivity contribution in [2.24, 2.45) is 0 Å². The zero-order chi connectivity index (χ0) is 18.8. The second kappa shape index (κ2) is 7.03. The molecule has 3 rings (SSSR count). The third kappa shape index (κ3) is 3.46. The molecule has 0 bridgehead atoms. The molecule has 0 fully saturated rings. The quantitative estimate of drug-likeness (QED) is 0.489. The molecule has 2 atom stereocenters. The van der Waals surface area contributed by atoms with E-state index in [-0.39, 0.29) is 41.6 Å². The van der Waals surface area contributed by atoms with Crippen molar-refractivity contribution in [3.8, 4) is 28.7 Å². The topological polar surface area (TPSA) is 116 Å². The number of carbonyl (C=O) groups excluding carboxylic acids is 1. The molecule has 0 unspecified atom stereocenters. The third-order valence-electron chi connectivity index (χ3n) is 4.23. The van der Waals surface area contributed by atoms with E-state index in [1.54, 1.807) is 6.07 Å². The molecule has 0 radical (unpaired) electrons. The number of esters is 1. The van der Waals surface area contributed by atoms with E-state index in [0.717, 1.165) is 0 Å². The Morgan fingerprint density at radius 1 is 1.12 bits per heavy atom. The Morgan fingerprint density at radius 2 is 1.88 bits per heavy atom. The highest BCUT2D eigenvalue weighted by Crippen LogP contribution is 2.43. The first-order valence-corrected chi connectivity index (χ1v) is 8.32. The summed E-state index contributed by atoms with van der Waals surface area (Å²) in [5, 5.41) is 39.1. The summed E-state index contributed by atoms with van der Waals surface area (Å²) in [6.45, 7) is 1.86. The summed E-state index contributed by atoms with van der Waals surface area (Å²) < 4.78 is 11.4. The van der Waals surface area contributed by atoms with Crippen LogP contribution in [0, 0.1) is 0 Å². The van der Waals surface area contributed by atoms with Gasteiger partial charge >= 0.3 is 5.97 Å². The van der Waals surface area contributed by atoms with Crippen molar-refractivity contribution >= 4 is 5.97 Å². The highest BCUT2D eigenvalue weighted by Gasteiger charge is 2.36. The van der Waals surface area contributed by atoms with Crippen molar-refractivity contribution in [1.82, 2.24) is 0 Å². The molecule has 1 aliphatic rings. The average molecular weight is 360 g/mol. The summed E-state index contributed by atoms with van der Waals surface area (Å²) in [6, 6.07) is 6.75. The molecule has 2 aromatic carbocycles. The highest BCUT2D eigenvalue weighted by atomic mass is 16.6. The van der Waals surface area contributed by atoms with E-state index in [2.05, 4.69) is 0 Å². The standard InChI is InChI=1S/C19H20O7/c1-2-3-18(24)25-17-9-12-14(22)7-11(20)8-16(12)26-19(17)10-4-5-13(21)15(23)6-10/h4-8,17,19-23H,2-3,9H2,1H3/t17-,19+/m0/s1. The third-order valence-corrected chi connectivity index (χ3v) is 4.23. The van der Waals surface area contributed by atoms with Crippen LogP contribution in [0.3, 0.4) is 0 Å². The van der Waals surface area contributed by atoms with Crippen LogP contribution in [0.1, 0.15) is 37.0 Å². The number of hydrogen-bond donors (Lipinski definition) is 4. The lowest BCUT2D eigenvalue weighted by molar-refractivity contribution is -0.155. The summed E-state index contributed by atoms with van der Waals surface area (Å²) in [5.41, 5.74) is 0.916. The van der Waals surface area contributed by atoms with Crippen molar-refractivity contribution < 1.29 is 34.7 Å². The van der Waals surface area contributed by atoms with E-state index in [1.165, 1.54) is 24.3 Å². The SMILES string of the molecule is CCCC(=O)O[C@H]1Cc2c(O)cc(O)cc2O[C@@H]1c1ccc(O)c(O)c1. The minimum Gasteiger partial charge on any atom is -0.508 e. The second-order valence-electron chi connectivity index (χ2n) is 6.21. The van der Waals surface area contributed by atoms with Crippen LogP contribution < -0.4 is 4.74 Å². The summed E-state index contributed by atoms with van der Waals surface area (Å²) >= 11 is 0. The number of aromatic hydroxyl groups is 4. The van der Waals surface area contributed by atoms with Gasteiger partial charge in [-0.1, -0.05) is 13.0 Å². The molecule has 26 heavy (non-hydrogen) atoms. The van der Waals surface area contributed by atoms with Crippen LogP contribution in [-0.2, 0) is 16.0 Å². The Labute approximate surface area is 150 Å². The maximum absolute atomic E-state index is 12.0. The molecular formula is C19H20O7. The number of rotatable bonds is 4. The Bertz CT molecular complexity index is 831. The van der Waals surface area contributed by atoms with Crippen molar-refractivity contribution in [1.29, 1.82) is 0 Å². The van der Waals surface area contributed by atoms with Crippen molar-refractivity contribution in [2.45, 2.75) is 38.4 Å². The minimum absolute atomic E-state index is 0.149. The molecule has 2 aromatic rings. The smallest absolute Gasteiger partial charge is 0.306 e. The number of fused-ring (bicyclic) bond motifs is 1. The van der Waals surface area contributed by atoms with Gasteiger partial charge in [0.1, 0.15) is 23.4 Å². The van der Waals surface area contributed by atoms with Crippen LogP contribution in [0.4, 0.5) is 0 Å². The van der Waals surface area contributed by atoms with E-state index in [0.29, 0.717) is 17.5 Å². The van der Waals surface area contributed by atoms with Gasteiger partial charge in [0.15, 0.2) is 17.6 Å². The number of ether oxygens (including phenoxy) is 2. The number of carbonyl (C=O) groups is 1. The first kappa shape index (κ1) is 17.7. The molecule has 138 valence electrons. The van der Waals surface area contributed by atoms with Gasteiger partial charge in [0.25, 0.3) is 0 Å². The summed E-state index contributed by atoms with van der Waals surface area (Å²) in [7, 11) is 0. The Balaban J connectivity index is 1.99. The summed E-state index contributed by atoms with van der Waals surface area (Å²) in [4.78, 5) is 12.0. The molecule has 0 saturated carbocycles. The Morgan fingerprint density at radius 3 is 2.58 bits per heavy atom. The molecule has 7 nitrogen and oxygen atoms in total. The molecule has 1 aliphatic heterocycles. The Hall–Kier alpha value is -3.09. The molecule has 0 saturated heterocycles. The number of benzene rings is 2. The molecular weight excluding hydrogens is 340 g/mol. The van der Waals surface area contributed by atoms with Crippen LogP contribution in [0.25, 0.3) is 0 Å². The predicted octanol–water partition coefficient (Wildman–Crippen LogP) is 2.90.